The van der Waals surface area contributed by atoms with Gasteiger partial charge in [-0.2, -0.15) is 4.98 Å². The summed E-state index contributed by atoms with van der Waals surface area (Å²) in [5, 5.41) is 8.09. The summed E-state index contributed by atoms with van der Waals surface area (Å²) in [7, 11) is 0. The average molecular weight is 360 g/mol. The third-order valence-electron chi connectivity index (χ3n) is 4.70. The molecule has 1 atom stereocenters. The first-order valence-corrected chi connectivity index (χ1v) is 9.24. The first-order chi connectivity index (χ1) is 13.1. The fourth-order valence-corrected chi connectivity index (χ4v) is 3.60. The summed E-state index contributed by atoms with van der Waals surface area (Å²) >= 11 is 0. The molecule has 138 valence electrons. The van der Waals surface area contributed by atoms with Gasteiger partial charge >= 0.3 is 0 Å². The second-order valence-electron chi connectivity index (χ2n) is 7.11. The second kappa shape index (κ2) is 7.23. The number of pyridine rings is 1. The quantitative estimate of drug-likeness (QED) is 0.685. The highest BCUT2D eigenvalue weighted by Gasteiger charge is 2.29. The van der Waals surface area contributed by atoms with Crippen molar-refractivity contribution in [2.24, 2.45) is 0 Å². The Balaban J connectivity index is 1.72. The van der Waals surface area contributed by atoms with Crippen molar-refractivity contribution in [2.45, 2.75) is 32.7 Å². The standard InChI is InChI=1S/C21H24N6/c1-15(2)13-16(3)23-20-19-9-6-12-27(19)25-21(24-20)26-11-5-8-18(26)17-7-4-10-22-14-17/h4,6-7,9-10,12-14,18H,3,5,8,11H2,1-2H3,(H,23,24,25). The largest absolute Gasteiger partial charge is 0.339 e. The van der Waals surface area contributed by atoms with Crippen LogP contribution in [0.3, 0.4) is 0 Å². The zero-order valence-electron chi connectivity index (χ0n) is 15.8. The molecule has 0 amide bonds. The van der Waals surface area contributed by atoms with E-state index in [0.717, 1.165) is 42.4 Å². The highest BCUT2D eigenvalue weighted by atomic mass is 15.4. The number of hydrogen-bond acceptors (Lipinski definition) is 5. The van der Waals surface area contributed by atoms with Gasteiger partial charge in [-0.25, -0.2) is 4.52 Å². The first-order valence-electron chi connectivity index (χ1n) is 9.24. The summed E-state index contributed by atoms with van der Waals surface area (Å²) < 4.78 is 1.87. The summed E-state index contributed by atoms with van der Waals surface area (Å²) in [4.78, 5) is 11.4. The molecular weight excluding hydrogens is 336 g/mol. The Kier molecular flexibility index (Phi) is 4.62. The van der Waals surface area contributed by atoms with Crippen molar-refractivity contribution < 1.29 is 0 Å². The minimum Gasteiger partial charge on any atom is -0.339 e. The highest BCUT2D eigenvalue weighted by Crippen LogP contribution is 2.34. The molecule has 3 aromatic heterocycles. The van der Waals surface area contributed by atoms with E-state index in [1.807, 2.05) is 61.2 Å². The average Bonchev–Trinajstić information content (AvgIpc) is 3.31. The number of rotatable bonds is 5. The van der Waals surface area contributed by atoms with Crippen LogP contribution in [0.4, 0.5) is 11.8 Å². The molecule has 4 rings (SSSR count). The third kappa shape index (κ3) is 3.56. The van der Waals surface area contributed by atoms with Gasteiger partial charge < -0.3 is 10.2 Å². The van der Waals surface area contributed by atoms with Gasteiger partial charge in [0.2, 0.25) is 5.95 Å². The molecule has 1 aliphatic rings. The van der Waals surface area contributed by atoms with Crippen LogP contribution in [-0.2, 0) is 0 Å². The molecule has 1 N–H and O–H groups in total. The van der Waals surface area contributed by atoms with Crippen LogP contribution in [0, 0.1) is 0 Å². The SMILES string of the molecule is C=C(C=C(C)C)Nc1nc(N2CCCC2c2cccnc2)nn2cccc12. The smallest absolute Gasteiger partial charge is 0.246 e. The summed E-state index contributed by atoms with van der Waals surface area (Å²) in [6, 6.07) is 8.34. The maximum absolute atomic E-state index is 4.85. The van der Waals surface area contributed by atoms with Crippen LogP contribution < -0.4 is 10.2 Å². The fourth-order valence-electron chi connectivity index (χ4n) is 3.60. The van der Waals surface area contributed by atoms with E-state index in [4.69, 9.17) is 10.1 Å². The van der Waals surface area contributed by atoms with E-state index >= 15 is 0 Å². The van der Waals surface area contributed by atoms with E-state index in [1.54, 1.807) is 0 Å². The Hall–Kier alpha value is -3.15. The van der Waals surface area contributed by atoms with E-state index in [-0.39, 0.29) is 6.04 Å². The molecule has 1 fully saturated rings. The Morgan fingerprint density at radius 2 is 2.19 bits per heavy atom. The van der Waals surface area contributed by atoms with Crippen molar-refractivity contribution in [3.63, 3.8) is 0 Å². The maximum Gasteiger partial charge on any atom is 0.246 e. The molecule has 0 aliphatic carbocycles. The zero-order valence-corrected chi connectivity index (χ0v) is 15.8. The van der Waals surface area contributed by atoms with Crippen LogP contribution in [0.15, 0.2) is 66.8 Å². The van der Waals surface area contributed by atoms with E-state index in [9.17, 15) is 0 Å². The highest BCUT2D eigenvalue weighted by molar-refractivity contribution is 5.71. The van der Waals surface area contributed by atoms with Gasteiger partial charge in [-0.1, -0.05) is 18.2 Å². The lowest BCUT2D eigenvalue weighted by Crippen LogP contribution is -2.26. The normalized spacial score (nSPS) is 16.5. The van der Waals surface area contributed by atoms with Crippen LogP contribution in [0.5, 0.6) is 0 Å². The van der Waals surface area contributed by atoms with Gasteiger partial charge in [0.1, 0.15) is 5.52 Å². The molecule has 6 heteroatoms. The van der Waals surface area contributed by atoms with Gasteiger partial charge in [0.05, 0.1) is 6.04 Å². The Bertz CT molecular complexity index is 984. The number of fused-ring (bicyclic) bond motifs is 1. The number of aromatic nitrogens is 4. The predicted molar refractivity (Wildman–Crippen MR) is 109 cm³/mol. The molecule has 6 nitrogen and oxygen atoms in total. The van der Waals surface area contributed by atoms with Crippen LogP contribution in [0.25, 0.3) is 5.52 Å². The number of allylic oxidation sites excluding steroid dienone is 2. The van der Waals surface area contributed by atoms with E-state index < -0.39 is 0 Å². The van der Waals surface area contributed by atoms with Crippen molar-refractivity contribution in [3.05, 3.63) is 72.3 Å². The van der Waals surface area contributed by atoms with Gasteiger partial charge in [0, 0.05) is 30.8 Å². The lowest BCUT2D eigenvalue weighted by atomic mass is 10.1. The molecule has 1 unspecified atom stereocenters. The van der Waals surface area contributed by atoms with Gasteiger partial charge in [-0.15, -0.1) is 5.10 Å². The van der Waals surface area contributed by atoms with Gasteiger partial charge in [-0.05, 0) is 56.5 Å². The van der Waals surface area contributed by atoms with E-state index in [0.29, 0.717) is 0 Å². The minimum absolute atomic E-state index is 0.251. The number of hydrogen-bond donors (Lipinski definition) is 1. The molecule has 27 heavy (non-hydrogen) atoms. The summed E-state index contributed by atoms with van der Waals surface area (Å²) in [5.74, 6) is 1.49. The second-order valence-corrected chi connectivity index (χ2v) is 7.11. The third-order valence-corrected chi connectivity index (χ3v) is 4.70. The van der Waals surface area contributed by atoms with Crippen LogP contribution in [0.1, 0.15) is 38.3 Å². The molecule has 0 spiro atoms. The van der Waals surface area contributed by atoms with Crippen molar-refractivity contribution in [2.75, 3.05) is 16.8 Å². The topological polar surface area (TPSA) is 58.4 Å². The van der Waals surface area contributed by atoms with Gasteiger partial charge in [0.15, 0.2) is 5.82 Å². The predicted octanol–water partition coefficient (Wildman–Crippen LogP) is 4.36. The molecule has 0 bridgehead atoms. The summed E-state index contributed by atoms with van der Waals surface area (Å²) in [6.07, 6.45) is 9.89. The van der Waals surface area contributed by atoms with Crippen LogP contribution >= 0.6 is 0 Å². The fraction of sp³-hybridized carbons (Fsp3) is 0.286. The van der Waals surface area contributed by atoms with Crippen molar-refractivity contribution in [1.29, 1.82) is 0 Å². The lowest BCUT2D eigenvalue weighted by molar-refractivity contribution is 0.687. The monoisotopic (exact) mass is 360 g/mol. The maximum atomic E-state index is 4.85. The van der Waals surface area contributed by atoms with Gasteiger partial charge in [0.25, 0.3) is 0 Å². The van der Waals surface area contributed by atoms with Crippen molar-refractivity contribution in [3.8, 4) is 0 Å². The summed E-state index contributed by atoms with van der Waals surface area (Å²) in [5.41, 5.74) is 4.13. The zero-order chi connectivity index (χ0) is 18.8. The molecule has 0 radical (unpaired) electrons. The minimum atomic E-state index is 0.251. The Morgan fingerprint density at radius 1 is 1.30 bits per heavy atom. The lowest BCUT2D eigenvalue weighted by Gasteiger charge is -2.25. The molecule has 3 aromatic rings. The number of nitrogens with zero attached hydrogens (tertiary/aromatic N) is 5. The van der Waals surface area contributed by atoms with Crippen LogP contribution in [-0.4, -0.2) is 26.1 Å². The van der Waals surface area contributed by atoms with Crippen molar-refractivity contribution in [1.82, 2.24) is 19.6 Å². The molecule has 0 aromatic carbocycles. The van der Waals surface area contributed by atoms with E-state index in [2.05, 4.69) is 27.8 Å². The molecule has 0 saturated carbocycles. The first kappa shape index (κ1) is 17.3. The molecule has 4 heterocycles. The molecule has 1 aliphatic heterocycles. The molecule has 1 saturated heterocycles. The molecular formula is C21H24N6. The van der Waals surface area contributed by atoms with Gasteiger partial charge in [-0.3, -0.25) is 4.98 Å². The van der Waals surface area contributed by atoms with Crippen LogP contribution in [0.2, 0.25) is 0 Å². The Morgan fingerprint density at radius 3 is 2.96 bits per heavy atom. The number of anilines is 2. The van der Waals surface area contributed by atoms with Crippen molar-refractivity contribution >= 4 is 17.3 Å². The Labute approximate surface area is 159 Å². The van der Waals surface area contributed by atoms with E-state index in [1.165, 1.54) is 11.1 Å². The number of nitrogens with one attached hydrogen (secondary N) is 1. The summed E-state index contributed by atoms with van der Waals surface area (Å²) in [6.45, 7) is 9.12.